The van der Waals surface area contributed by atoms with E-state index in [4.69, 9.17) is 9.15 Å². The van der Waals surface area contributed by atoms with Crippen LogP contribution in [-0.4, -0.2) is 36.4 Å². The van der Waals surface area contributed by atoms with Crippen LogP contribution in [0.4, 0.5) is 5.69 Å². The van der Waals surface area contributed by atoms with Crippen LogP contribution in [0.15, 0.2) is 59.2 Å². The monoisotopic (exact) mass is 312 g/mol. The summed E-state index contributed by atoms with van der Waals surface area (Å²) in [6, 6.07) is 9.57. The number of carbonyl (C=O) groups is 2. The number of hydrogen-bond acceptors (Lipinski definition) is 4. The molecule has 2 amide bonds. The topological polar surface area (TPSA) is 71.8 Å². The third kappa shape index (κ3) is 3.11. The van der Waals surface area contributed by atoms with Crippen molar-refractivity contribution in [2.45, 2.75) is 6.04 Å². The molecule has 6 nitrogen and oxygen atoms in total. The molecule has 2 aromatic rings. The lowest BCUT2D eigenvalue weighted by Crippen LogP contribution is -2.43. The smallest absolute Gasteiger partial charge is 0.290 e. The lowest BCUT2D eigenvalue weighted by atomic mass is 10.2. The number of furan rings is 1. The number of rotatable bonds is 4. The zero-order chi connectivity index (χ0) is 16.2. The zero-order valence-electron chi connectivity index (χ0n) is 12.6. The van der Waals surface area contributed by atoms with E-state index in [1.807, 2.05) is 0 Å². The molecule has 1 aromatic heterocycles. The first-order chi connectivity index (χ1) is 11.2. The van der Waals surface area contributed by atoms with Crippen LogP contribution >= 0.6 is 0 Å². The SMILES string of the molecule is COc1ccc(NC(=O)[C@@H]2C=CCN2C(=O)c2ccco2)cc1. The summed E-state index contributed by atoms with van der Waals surface area (Å²) in [6.07, 6.45) is 4.93. The molecule has 2 heterocycles. The Kier molecular flexibility index (Phi) is 4.14. The second kappa shape index (κ2) is 6.39. The molecule has 118 valence electrons. The number of ether oxygens (including phenoxy) is 1. The first kappa shape index (κ1) is 14.9. The van der Waals surface area contributed by atoms with Gasteiger partial charge in [0.1, 0.15) is 11.8 Å². The molecule has 0 saturated heterocycles. The Balaban J connectivity index is 1.70. The number of benzene rings is 1. The minimum Gasteiger partial charge on any atom is -0.497 e. The molecule has 0 saturated carbocycles. The van der Waals surface area contributed by atoms with Gasteiger partial charge >= 0.3 is 0 Å². The summed E-state index contributed by atoms with van der Waals surface area (Å²) < 4.78 is 10.2. The molecule has 0 aliphatic carbocycles. The van der Waals surface area contributed by atoms with E-state index < -0.39 is 6.04 Å². The highest BCUT2D eigenvalue weighted by Gasteiger charge is 2.32. The highest BCUT2D eigenvalue weighted by atomic mass is 16.5. The van der Waals surface area contributed by atoms with Crippen LogP contribution in [0.25, 0.3) is 0 Å². The maximum atomic E-state index is 12.4. The van der Waals surface area contributed by atoms with Crippen LogP contribution in [-0.2, 0) is 4.79 Å². The molecule has 0 spiro atoms. The molecule has 3 rings (SSSR count). The molecule has 1 aliphatic rings. The number of nitrogens with one attached hydrogen (secondary N) is 1. The van der Waals surface area contributed by atoms with Gasteiger partial charge in [-0.1, -0.05) is 12.2 Å². The summed E-state index contributed by atoms with van der Waals surface area (Å²) >= 11 is 0. The van der Waals surface area contributed by atoms with Gasteiger partial charge in [-0.2, -0.15) is 0 Å². The molecular formula is C17H16N2O4. The number of nitrogens with zero attached hydrogens (tertiary/aromatic N) is 1. The van der Waals surface area contributed by atoms with Crippen molar-refractivity contribution >= 4 is 17.5 Å². The van der Waals surface area contributed by atoms with Gasteiger partial charge in [0.15, 0.2) is 5.76 Å². The summed E-state index contributed by atoms with van der Waals surface area (Å²) in [7, 11) is 1.58. The van der Waals surface area contributed by atoms with Crippen LogP contribution in [0.1, 0.15) is 10.6 Å². The van der Waals surface area contributed by atoms with Crippen molar-refractivity contribution in [3.63, 3.8) is 0 Å². The van der Waals surface area contributed by atoms with Gasteiger partial charge in [0.25, 0.3) is 11.8 Å². The highest BCUT2D eigenvalue weighted by molar-refractivity contribution is 6.01. The number of hydrogen-bond donors (Lipinski definition) is 1. The number of anilines is 1. The summed E-state index contributed by atoms with van der Waals surface area (Å²) in [5.41, 5.74) is 0.640. The van der Waals surface area contributed by atoms with Gasteiger partial charge in [-0.15, -0.1) is 0 Å². The summed E-state index contributed by atoms with van der Waals surface area (Å²) in [4.78, 5) is 26.2. The van der Waals surface area contributed by atoms with Crippen LogP contribution in [0.5, 0.6) is 5.75 Å². The van der Waals surface area contributed by atoms with Crippen molar-refractivity contribution in [1.29, 1.82) is 0 Å². The van der Waals surface area contributed by atoms with Crippen molar-refractivity contribution < 1.29 is 18.7 Å². The quantitative estimate of drug-likeness (QED) is 0.879. The lowest BCUT2D eigenvalue weighted by molar-refractivity contribution is -0.118. The van der Waals surface area contributed by atoms with Gasteiger partial charge in [0, 0.05) is 12.2 Å². The molecular weight excluding hydrogens is 296 g/mol. The fourth-order valence-electron chi connectivity index (χ4n) is 2.39. The van der Waals surface area contributed by atoms with E-state index in [-0.39, 0.29) is 17.6 Å². The van der Waals surface area contributed by atoms with Gasteiger partial charge in [-0.25, -0.2) is 0 Å². The molecule has 6 heteroatoms. The molecule has 23 heavy (non-hydrogen) atoms. The molecule has 1 aliphatic heterocycles. The summed E-state index contributed by atoms with van der Waals surface area (Å²) in [5.74, 6) is 0.341. The summed E-state index contributed by atoms with van der Waals surface area (Å²) in [6.45, 7) is 0.375. The Morgan fingerprint density at radius 3 is 2.70 bits per heavy atom. The van der Waals surface area contributed by atoms with E-state index >= 15 is 0 Å². The predicted octanol–water partition coefficient (Wildman–Crippen LogP) is 2.31. The van der Waals surface area contributed by atoms with Crippen molar-refractivity contribution in [1.82, 2.24) is 4.90 Å². The Hall–Kier alpha value is -3.02. The lowest BCUT2D eigenvalue weighted by Gasteiger charge is -2.22. The van der Waals surface area contributed by atoms with E-state index in [2.05, 4.69) is 5.32 Å². The van der Waals surface area contributed by atoms with Crippen LogP contribution in [0, 0.1) is 0 Å². The Bertz CT molecular complexity index is 720. The first-order valence-electron chi connectivity index (χ1n) is 7.15. The van der Waals surface area contributed by atoms with Crippen LogP contribution in [0.2, 0.25) is 0 Å². The summed E-state index contributed by atoms with van der Waals surface area (Å²) in [5, 5.41) is 2.80. The molecule has 1 N–H and O–H groups in total. The zero-order valence-corrected chi connectivity index (χ0v) is 12.6. The highest BCUT2D eigenvalue weighted by Crippen LogP contribution is 2.19. The molecule has 0 unspecified atom stereocenters. The Morgan fingerprint density at radius 2 is 2.04 bits per heavy atom. The van der Waals surface area contributed by atoms with Crippen molar-refractivity contribution in [3.05, 3.63) is 60.6 Å². The second-order valence-electron chi connectivity index (χ2n) is 5.03. The molecule has 0 radical (unpaired) electrons. The molecule has 0 bridgehead atoms. The third-order valence-electron chi connectivity index (χ3n) is 3.58. The first-order valence-corrected chi connectivity index (χ1v) is 7.15. The molecule has 0 fully saturated rings. The fraction of sp³-hybridized carbons (Fsp3) is 0.176. The van der Waals surface area contributed by atoms with Crippen molar-refractivity contribution in [2.75, 3.05) is 19.0 Å². The van der Waals surface area contributed by atoms with Crippen LogP contribution < -0.4 is 10.1 Å². The average Bonchev–Trinajstić information content (AvgIpc) is 3.26. The normalized spacial score (nSPS) is 16.4. The maximum absolute atomic E-state index is 12.4. The van der Waals surface area contributed by atoms with Gasteiger partial charge in [0.05, 0.1) is 13.4 Å². The van der Waals surface area contributed by atoms with E-state index in [1.54, 1.807) is 55.7 Å². The Labute approximate surface area is 133 Å². The van der Waals surface area contributed by atoms with E-state index in [0.29, 0.717) is 18.0 Å². The van der Waals surface area contributed by atoms with Gasteiger partial charge in [-0.05, 0) is 36.4 Å². The van der Waals surface area contributed by atoms with Crippen molar-refractivity contribution in [3.8, 4) is 5.75 Å². The Morgan fingerprint density at radius 1 is 1.26 bits per heavy atom. The van der Waals surface area contributed by atoms with Gasteiger partial charge in [-0.3, -0.25) is 9.59 Å². The minimum absolute atomic E-state index is 0.218. The van der Waals surface area contributed by atoms with E-state index in [9.17, 15) is 9.59 Å². The fourth-order valence-corrected chi connectivity index (χ4v) is 2.39. The van der Waals surface area contributed by atoms with Gasteiger partial charge in [0.2, 0.25) is 0 Å². The minimum atomic E-state index is -0.658. The molecule has 1 aromatic carbocycles. The standard InChI is InChI=1S/C17H16N2O4/c1-22-13-8-6-12(7-9-13)18-16(20)14-4-2-10-19(14)17(21)15-5-3-11-23-15/h2-9,11,14H,10H2,1H3,(H,18,20)/t14-/m0/s1. The molecule has 1 atom stereocenters. The second-order valence-corrected chi connectivity index (χ2v) is 5.03. The predicted molar refractivity (Wildman–Crippen MR) is 84.3 cm³/mol. The largest absolute Gasteiger partial charge is 0.497 e. The number of amides is 2. The van der Waals surface area contributed by atoms with Gasteiger partial charge < -0.3 is 19.4 Å². The van der Waals surface area contributed by atoms with Crippen LogP contribution in [0.3, 0.4) is 0 Å². The number of carbonyl (C=O) groups excluding carboxylic acids is 2. The maximum Gasteiger partial charge on any atom is 0.290 e. The van der Waals surface area contributed by atoms with Crippen molar-refractivity contribution in [2.24, 2.45) is 0 Å². The number of methoxy groups -OCH3 is 1. The van der Waals surface area contributed by atoms with E-state index in [0.717, 1.165) is 0 Å². The third-order valence-corrected chi connectivity index (χ3v) is 3.58. The average molecular weight is 312 g/mol. The van der Waals surface area contributed by atoms with E-state index in [1.165, 1.54) is 11.2 Å².